The van der Waals surface area contributed by atoms with Gasteiger partial charge in [0.2, 0.25) is 29.5 Å². The van der Waals surface area contributed by atoms with Crippen LogP contribution in [0.1, 0.15) is 49.8 Å². The number of likely N-dealkylation sites (tertiary alicyclic amines) is 2. The number of amides is 5. The predicted molar refractivity (Wildman–Crippen MR) is 216 cm³/mol. The molecule has 5 rings (SSSR count). The van der Waals surface area contributed by atoms with Gasteiger partial charge in [0.25, 0.3) is 0 Å². The van der Waals surface area contributed by atoms with Crippen LogP contribution < -0.4 is 33.2 Å². The van der Waals surface area contributed by atoms with E-state index in [-0.39, 0.29) is 36.1 Å². The fraction of sp³-hybridized carbons (Fsp3) is 0.465. The van der Waals surface area contributed by atoms with Crippen LogP contribution in [0.5, 0.6) is 0 Å². The Bertz CT molecular complexity index is 1760. The summed E-state index contributed by atoms with van der Waals surface area (Å²) >= 11 is 0. The van der Waals surface area contributed by atoms with Gasteiger partial charge in [0.15, 0.2) is 0 Å². The van der Waals surface area contributed by atoms with E-state index in [1.165, 1.54) is 0 Å². The highest BCUT2D eigenvalue weighted by atomic mass is 16.2. The quantitative estimate of drug-likeness (QED) is 0.118. The Balaban J connectivity index is 1.16. The van der Waals surface area contributed by atoms with Crippen LogP contribution in [0.2, 0.25) is 0 Å². The molecule has 0 saturated carbocycles. The molecular formula is C43H58N8O5. The minimum Gasteiger partial charge on any atom is -0.343 e. The molecule has 0 aliphatic carbocycles. The maximum atomic E-state index is 13.9. The van der Waals surface area contributed by atoms with Crippen molar-refractivity contribution in [2.45, 2.75) is 82.6 Å². The number of carbonyl (C=O) groups excluding carboxylic acids is 5. The highest BCUT2D eigenvalue weighted by Gasteiger charge is 2.48. The van der Waals surface area contributed by atoms with Gasteiger partial charge in [0, 0.05) is 44.6 Å². The van der Waals surface area contributed by atoms with Gasteiger partial charge in [-0.15, -0.1) is 0 Å². The number of benzene rings is 3. The van der Waals surface area contributed by atoms with Crippen molar-refractivity contribution >= 4 is 29.5 Å². The van der Waals surface area contributed by atoms with E-state index in [0.29, 0.717) is 45.4 Å². The highest BCUT2D eigenvalue weighted by molar-refractivity contribution is 5.95. The highest BCUT2D eigenvalue weighted by Crippen LogP contribution is 2.40. The van der Waals surface area contributed by atoms with Gasteiger partial charge in [-0.25, -0.2) is 0 Å². The second-order valence-electron chi connectivity index (χ2n) is 15.9. The number of hydrogen-bond acceptors (Lipinski definition) is 8. The molecule has 2 fully saturated rings. The third-order valence-electron chi connectivity index (χ3n) is 10.9. The summed E-state index contributed by atoms with van der Waals surface area (Å²) in [5, 5.41) is 8.49. The van der Waals surface area contributed by atoms with Crippen LogP contribution in [0, 0.1) is 11.3 Å². The number of nitrogens with two attached hydrogens (primary N) is 3. The van der Waals surface area contributed by atoms with E-state index in [1.807, 2.05) is 110 Å². The molecule has 0 unspecified atom stereocenters. The smallest absolute Gasteiger partial charge is 0.246 e. The molecule has 0 aromatic heterocycles. The lowest BCUT2D eigenvalue weighted by Gasteiger charge is -2.54. The summed E-state index contributed by atoms with van der Waals surface area (Å²) in [7, 11) is 0. The first-order valence-electron chi connectivity index (χ1n) is 19.7. The second kappa shape index (κ2) is 19.7. The molecule has 56 heavy (non-hydrogen) atoms. The third-order valence-corrected chi connectivity index (χ3v) is 10.9. The Morgan fingerprint density at radius 3 is 1.54 bits per heavy atom. The summed E-state index contributed by atoms with van der Waals surface area (Å²) in [5.74, 6) is -1.90. The SMILES string of the molecule is CC(C)C[C@@H](NC(=O)[C@@H](Cc1ccccc1)NC(=O)[C@H](N)Cc1ccccc1)C(=O)N[C@H](CN)C(=O)N1CCC2(CC1)CN(C(=O)[C@H](N)Cc1ccccc1)C2. The first-order valence-corrected chi connectivity index (χ1v) is 19.7. The number of nitrogens with zero attached hydrogens (tertiary/aromatic N) is 2. The van der Waals surface area contributed by atoms with Gasteiger partial charge in [-0.1, -0.05) is 105 Å². The molecule has 9 N–H and O–H groups in total. The average molecular weight is 767 g/mol. The van der Waals surface area contributed by atoms with Crippen LogP contribution in [0.3, 0.4) is 0 Å². The van der Waals surface area contributed by atoms with Crippen LogP contribution in [-0.2, 0) is 43.2 Å². The van der Waals surface area contributed by atoms with Gasteiger partial charge in [-0.2, -0.15) is 0 Å². The second-order valence-corrected chi connectivity index (χ2v) is 15.9. The van der Waals surface area contributed by atoms with E-state index in [9.17, 15) is 24.0 Å². The van der Waals surface area contributed by atoms with Crippen molar-refractivity contribution in [3.63, 3.8) is 0 Å². The van der Waals surface area contributed by atoms with Crippen LogP contribution >= 0.6 is 0 Å². The Morgan fingerprint density at radius 1 is 0.589 bits per heavy atom. The zero-order valence-electron chi connectivity index (χ0n) is 32.6. The standard InChI is InChI=1S/C43H58N8O5/c1-29(2)22-35(48-40(54)36(25-32-16-10-5-11-17-32)47-38(52)33(45)23-30-12-6-3-7-13-30)39(53)49-37(26-44)42(56)50-20-18-43(19-21-50)27-51(28-43)41(55)34(46)24-31-14-8-4-9-15-31/h3-17,29,33-37H,18-28,44-46H2,1-2H3,(H,47,52)(H,48,54)(H,49,53)/t33-,34-,35-,36-,37-/m1/s1. The van der Waals surface area contributed by atoms with Crippen molar-refractivity contribution in [3.05, 3.63) is 108 Å². The van der Waals surface area contributed by atoms with E-state index in [4.69, 9.17) is 17.2 Å². The van der Waals surface area contributed by atoms with Crippen molar-refractivity contribution in [3.8, 4) is 0 Å². The molecule has 3 aromatic rings. The normalized spacial score (nSPS) is 17.5. The molecule has 5 atom stereocenters. The molecule has 2 aliphatic rings. The van der Waals surface area contributed by atoms with Gasteiger partial charge in [-0.05, 0) is 54.7 Å². The monoisotopic (exact) mass is 766 g/mol. The topological polar surface area (TPSA) is 206 Å². The van der Waals surface area contributed by atoms with E-state index in [0.717, 1.165) is 29.5 Å². The van der Waals surface area contributed by atoms with Crippen molar-refractivity contribution in [2.75, 3.05) is 32.7 Å². The molecule has 5 amide bonds. The number of nitrogens with one attached hydrogen (secondary N) is 3. The fourth-order valence-electron chi connectivity index (χ4n) is 7.61. The lowest BCUT2D eigenvalue weighted by molar-refractivity contribution is -0.152. The number of rotatable bonds is 17. The Kier molecular flexibility index (Phi) is 14.8. The lowest BCUT2D eigenvalue weighted by atomic mass is 9.71. The maximum Gasteiger partial charge on any atom is 0.246 e. The van der Waals surface area contributed by atoms with Crippen molar-refractivity contribution in [2.24, 2.45) is 28.5 Å². The number of hydrogen-bond donors (Lipinski definition) is 6. The largest absolute Gasteiger partial charge is 0.343 e. The minimum atomic E-state index is -1.01. The molecular weight excluding hydrogens is 709 g/mol. The van der Waals surface area contributed by atoms with Gasteiger partial charge >= 0.3 is 0 Å². The van der Waals surface area contributed by atoms with Gasteiger partial charge < -0.3 is 43.0 Å². The Hall–Kier alpha value is -5.11. The molecule has 300 valence electrons. The summed E-state index contributed by atoms with van der Waals surface area (Å²) in [6.45, 7) is 5.90. The molecule has 2 saturated heterocycles. The van der Waals surface area contributed by atoms with Gasteiger partial charge in [0.1, 0.15) is 18.1 Å². The molecule has 0 bridgehead atoms. The zero-order chi connectivity index (χ0) is 40.2. The minimum absolute atomic E-state index is 0.0135. The molecule has 2 heterocycles. The summed E-state index contributed by atoms with van der Waals surface area (Å²) in [6.07, 6.45) is 2.68. The molecule has 2 aliphatic heterocycles. The van der Waals surface area contributed by atoms with E-state index in [2.05, 4.69) is 16.0 Å². The van der Waals surface area contributed by atoms with Crippen molar-refractivity contribution in [1.82, 2.24) is 25.8 Å². The Labute approximate surface area is 330 Å². The van der Waals surface area contributed by atoms with Crippen molar-refractivity contribution < 1.29 is 24.0 Å². The summed E-state index contributed by atoms with van der Waals surface area (Å²) in [5.41, 5.74) is 21.3. The molecule has 3 aromatic carbocycles. The van der Waals surface area contributed by atoms with Crippen LogP contribution in [0.4, 0.5) is 0 Å². The maximum absolute atomic E-state index is 13.9. The zero-order valence-corrected chi connectivity index (χ0v) is 32.6. The number of piperidine rings is 1. The predicted octanol–water partition coefficient (Wildman–Crippen LogP) is 1.28. The van der Waals surface area contributed by atoms with Gasteiger partial charge in [-0.3, -0.25) is 24.0 Å². The summed E-state index contributed by atoms with van der Waals surface area (Å²) in [6, 6.07) is 23.9. The fourth-order valence-corrected chi connectivity index (χ4v) is 7.61. The molecule has 1 spiro atoms. The number of carbonyl (C=O) groups is 5. The third kappa shape index (κ3) is 11.5. The van der Waals surface area contributed by atoms with Crippen LogP contribution in [-0.4, -0.2) is 102 Å². The van der Waals surface area contributed by atoms with E-state index < -0.39 is 47.9 Å². The first kappa shape index (κ1) is 42.0. The summed E-state index contributed by atoms with van der Waals surface area (Å²) in [4.78, 5) is 71.3. The average Bonchev–Trinajstić information content (AvgIpc) is 3.18. The molecule has 0 radical (unpaired) electrons. The first-order chi connectivity index (χ1) is 26.9. The lowest BCUT2D eigenvalue weighted by Crippen LogP contribution is -2.65. The molecule has 13 nitrogen and oxygen atoms in total. The van der Waals surface area contributed by atoms with Gasteiger partial charge in [0.05, 0.1) is 12.1 Å². The van der Waals surface area contributed by atoms with Crippen LogP contribution in [0.15, 0.2) is 91.0 Å². The molecule has 13 heteroatoms. The van der Waals surface area contributed by atoms with E-state index in [1.54, 1.807) is 4.90 Å². The van der Waals surface area contributed by atoms with E-state index >= 15 is 0 Å². The summed E-state index contributed by atoms with van der Waals surface area (Å²) < 4.78 is 0. The Morgan fingerprint density at radius 2 is 1.04 bits per heavy atom. The van der Waals surface area contributed by atoms with Crippen LogP contribution in [0.25, 0.3) is 0 Å². The van der Waals surface area contributed by atoms with Crippen molar-refractivity contribution in [1.29, 1.82) is 0 Å².